The smallest absolute Gasteiger partial charge is 0.347 e. The number of anilines is 1. The zero-order valence-electron chi connectivity index (χ0n) is 21.7. The molecular weight excluding hydrogens is 464 g/mol. The second kappa shape index (κ2) is 12.0. The van der Waals surface area contributed by atoms with Crippen LogP contribution in [0.4, 0.5) is 5.69 Å². The van der Waals surface area contributed by atoms with Crippen molar-refractivity contribution in [2.75, 3.05) is 18.0 Å². The van der Waals surface area contributed by atoms with Crippen molar-refractivity contribution in [1.82, 2.24) is 5.32 Å². The fourth-order valence-electron chi connectivity index (χ4n) is 4.74. The number of ether oxygens (including phenoxy) is 1. The third-order valence-electron chi connectivity index (χ3n) is 6.80. The Morgan fingerprint density at radius 3 is 2.22 bits per heavy atom. The van der Waals surface area contributed by atoms with Crippen LogP contribution in [0.1, 0.15) is 55.8 Å². The van der Waals surface area contributed by atoms with Crippen LogP contribution in [-0.2, 0) is 22.4 Å². The largest absolute Gasteiger partial charge is 0.478 e. The lowest BCUT2D eigenvalue weighted by molar-refractivity contribution is -0.152. The van der Waals surface area contributed by atoms with Gasteiger partial charge in [-0.2, -0.15) is 0 Å². The number of nitrogens with one attached hydrogen (secondary N) is 1. The molecule has 1 amide bonds. The van der Waals surface area contributed by atoms with Gasteiger partial charge in [0, 0.05) is 18.8 Å². The molecule has 4 rings (SSSR count). The molecule has 3 aromatic rings. The summed E-state index contributed by atoms with van der Waals surface area (Å²) in [4.78, 5) is 27.0. The topological polar surface area (TPSA) is 78.9 Å². The summed E-state index contributed by atoms with van der Waals surface area (Å²) < 4.78 is 5.58. The van der Waals surface area contributed by atoms with Gasteiger partial charge in [0.2, 0.25) is 5.91 Å². The summed E-state index contributed by atoms with van der Waals surface area (Å²) in [5.41, 5.74) is 3.02. The number of carboxylic acid groups (broad SMARTS) is 1. The summed E-state index contributed by atoms with van der Waals surface area (Å²) in [5, 5.41) is 12.6. The zero-order valence-corrected chi connectivity index (χ0v) is 21.7. The van der Waals surface area contributed by atoms with E-state index in [0.29, 0.717) is 12.2 Å². The molecule has 0 spiro atoms. The van der Waals surface area contributed by atoms with E-state index in [-0.39, 0.29) is 18.4 Å². The molecule has 1 saturated heterocycles. The van der Waals surface area contributed by atoms with Crippen LogP contribution in [0.5, 0.6) is 5.75 Å². The molecule has 0 radical (unpaired) electrons. The predicted molar refractivity (Wildman–Crippen MR) is 146 cm³/mol. The highest BCUT2D eigenvalue weighted by atomic mass is 16.5. The van der Waals surface area contributed by atoms with Crippen LogP contribution in [0.15, 0.2) is 78.9 Å². The van der Waals surface area contributed by atoms with E-state index in [1.54, 1.807) is 24.3 Å². The maximum Gasteiger partial charge on any atom is 0.347 e. The van der Waals surface area contributed by atoms with Crippen LogP contribution in [0.3, 0.4) is 0 Å². The van der Waals surface area contributed by atoms with Crippen molar-refractivity contribution < 1.29 is 19.4 Å². The number of carbonyl (C=O) groups is 2. The van der Waals surface area contributed by atoms with Gasteiger partial charge in [0.05, 0.1) is 12.5 Å². The Morgan fingerprint density at radius 1 is 0.892 bits per heavy atom. The number of para-hydroxylation sites is 1. The minimum absolute atomic E-state index is 0.0612. The number of nitrogens with zero attached hydrogens (tertiary/aromatic N) is 1. The Kier molecular flexibility index (Phi) is 8.49. The van der Waals surface area contributed by atoms with Gasteiger partial charge in [-0.05, 0) is 74.4 Å². The lowest BCUT2D eigenvalue weighted by Gasteiger charge is -2.33. The van der Waals surface area contributed by atoms with Crippen molar-refractivity contribution in [3.63, 3.8) is 0 Å². The molecule has 0 saturated carbocycles. The monoisotopic (exact) mass is 500 g/mol. The molecule has 194 valence electrons. The van der Waals surface area contributed by atoms with E-state index < -0.39 is 11.6 Å². The second-order valence-corrected chi connectivity index (χ2v) is 10.2. The fraction of sp³-hybridized carbons (Fsp3) is 0.355. The van der Waals surface area contributed by atoms with Gasteiger partial charge in [-0.1, -0.05) is 60.7 Å². The molecule has 3 aromatic carbocycles. The van der Waals surface area contributed by atoms with Crippen molar-refractivity contribution in [1.29, 1.82) is 0 Å². The van der Waals surface area contributed by atoms with Crippen molar-refractivity contribution in [3.8, 4) is 5.75 Å². The number of carboxylic acids is 1. The summed E-state index contributed by atoms with van der Waals surface area (Å²) in [5.74, 6) is -0.645. The molecule has 1 aliphatic rings. The number of benzene rings is 3. The Bertz CT molecular complexity index is 1190. The molecule has 6 heteroatoms. The lowest BCUT2D eigenvalue weighted by atomic mass is 9.95. The Labute approximate surface area is 219 Å². The molecule has 6 nitrogen and oxygen atoms in total. The molecule has 1 fully saturated rings. The van der Waals surface area contributed by atoms with E-state index in [9.17, 15) is 14.7 Å². The van der Waals surface area contributed by atoms with Gasteiger partial charge in [-0.15, -0.1) is 0 Å². The molecule has 1 aliphatic heterocycles. The van der Waals surface area contributed by atoms with Crippen molar-refractivity contribution in [3.05, 3.63) is 95.6 Å². The summed E-state index contributed by atoms with van der Waals surface area (Å²) in [6.07, 6.45) is 4.57. The fourth-order valence-corrected chi connectivity index (χ4v) is 4.74. The maximum absolute atomic E-state index is 13.2. The number of aliphatic carboxylic acids is 1. The van der Waals surface area contributed by atoms with Crippen LogP contribution < -0.4 is 15.0 Å². The first kappa shape index (κ1) is 26.3. The highest BCUT2D eigenvalue weighted by molar-refractivity contribution is 5.79. The number of rotatable bonds is 10. The van der Waals surface area contributed by atoms with Crippen LogP contribution >= 0.6 is 0 Å². The normalized spacial score (nSPS) is 14.6. The van der Waals surface area contributed by atoms with E-state index in [4.69, 9.17) is 4.74 Å². The first-order valence-electron chi connectivity index (χ1n) is 13.0. The summed E-state index contributed by atoms with van der Waals surface area (Å²) in [6, 6.07) is 25.5. The standard InChI is InChI=1S/C31H36N2O4/c1-31(2,30(35)36)37-25-17-15-24(16-18-25)22-29(34)32-27(21-23-11-5-3-6-12-23)26-13-7-8-14-28(26)33-19-9-4-10-20-33/h3,5-8,11-18,27H,4,9-10,19-22H2,1-2H3,(H,32,34)(H,35,36). The highest BCUT2D eigenvalue weighted by Gasteiger charge is 2.29. The van der Waals surface area contributed by atoms with Gasteiger partial charge in [0.15, 0.2) is 5.60 Å². The van der Waals surface area contributed by atoms with E-state index in [1.165, 1.54) is 44.4 Å². The van der Waals surface area contributed by atoms with E-state index in [2.05, 4.69) is 40.5 Å². The molecule has 1 unspecified atom stereocenters. The molecular formula is C31H36N2O4. The van der Waals surface area contributed by atoms with Gasteiger partial charge < -0.3 is 20.1 Å². The average Bonchev–Trinajstić information content (AvgIpc) is 2.90. The second-order valence-electron chi connectivity index (χ2n) is 10.2. The Balaban J connectivity index is 1.51. The number of hydrogen-bond donors (Lipinski definition) is 2. The number of amides is 1. The van der Waals surface area contributed by atoms with Gasteiger partial charge in [-0.3, -0.25) is 4.79 Å². The molecule has 2 N–H and O–H groups in total. The lowest BCUT2D eigenvalue weighted by Crippen LogP contribution is -2.37. The third kappa shape index (κ3) is 7.13. The molecule has 0 aliphatic carbocycles. The van der Waals surface area contributed by atoms with Crippen molar-refractivity contribution in [2.24, 2.45) is 0 Å². The predicted octanol–water partition coefficient (Wildman–Crippen LogP) is 5.56. The summed E-state index contributed by atoms with van der Waals surface area (Å²) in [6.45, 7) is 5.09. The molecule has 0 aromatic heterocycles. The van der Waals surface area contributed by atoms with Gasteiger partial charge in [-0.25, -0.2) is 4.79 Å². The van der Waals surface area contributed by atoms with Crippen LogP contribution in [-0.4, -0.2) is 35.7 Å². The van der Waals surface area contributed by atoms with Gasteiger partial charge >= 0.3 is 5.97 Å². The van der Waals surface area contributed by atoms with E-state index in [0.717, 1.165) is 24.2 Å². The summed E-state index contributed by atoms with van der Waals surface area (Å²) >= 11 is 0. The van der Waals surface area contributed by atoms with Crippen LogP contribution in [0.25, 0.3) is 0 Å². The van der Waals surface area contributed by atoms with Gasteiger partial charge in [0.1, 0.15) is 5.75 Å². The minimum atomic E-state index is -1.33. The van der Waals surface area contributed by atoms with Crippen molar-refractivity contribution in [2.45, 2.75) is 57.6 Å². The third-order valence-corrected chi connectivity index (χ3v) is 6.80. The summed E-state index contributed by atoms with van der Waals surface area (Å²) in [7, 11) is 0. The number of piperidine rings is 1. The van der Waals surface area contributed by atoms with Crippen LogP contribution in [0, 0.1) is 0 Å². The zero-order chi connectivity index (χ0) is 26.3. The SMILES string of the molecule is CC(C)(Oc1ccc(CC(=O)NC(Cc2ccccc2)c2ccccc2N2CCCCC2)cc1)C(=O)O. The van der Waals surface area contributed by atoms with E-state index >= 15 is 0 Å². The highest BCUT2D eigenvalue weighted by Crippen LogP contribution is 2.31. The van der Waals surface area contributed by atoms with Crippen LogP contribution in [0.2, 0.25) is 0 Å². The molecule has 1 heterocycles. The van der Waals surface area contributed by atoms with Gasteiger partial charge in [0.25, 0.3) is 0 Å². The quantitative estimate of drug-likeness (QED) is 0.381. The first-order chi connectivity index (χ1) is 17.8. The average molecular weight is 501 g/mol. The van der Waals surface area contributed by atoms with Crippen molar-refractivity contribution >= 4 is 17.6 Å². The Morgan fingerprint density at radius 2 is 1.54 bits per heavy atom. The van der Waals surface area contributed by atoms with E-state index in [1.807, 2.05) is 24.3 Å². The first-order valence-corrected chi connectivity index (χ1v) is 13.0. The molecule has 0 bridgehead atoms. The number of carbonyl (C=O) groups excluding carboxylic acids is 1. The molecule has 1 atom stereocenters. The maximum atomic E-state index is 13.2. The number of hydrogen-bond acceptors (Lipinski definition) is 4. The molecule has 37 heavy (non-hydrogen) atoms. The Hall–Kier alpha value is -3.80. The minimum Gasteiger partial charge on any atom is -0.478 e.